The Morgan fingerprint density at radius 2 is 1.90 bits per heavy atom. The number of hydrogen-bond donors (Lipinski definition) is 5. The van der Waals surface area contributed by atoms with Gasteiger partial charge in [0.2, 0.25) is 5.91 Å². The molecule has 0 aromatic rings. The van der Waals surface area contributed by atoms with Gasteiger partial charge in [-0.25, -0.2) is 4.79 Å². The number of amides is 1. The molecule has 21 heavy (non-hydrogen) atoms. The second-order valence-electron chi connectivity index (χ2n) is 4.89. The van der Waals surface area contributed by atoms with Gasteiger partial charge in [-0.2, -0.15) is 21.0 Å². The van der Waals surface area contributed by atoms with Crippen molar-refractivity contribution in [3.05, 3.63) is 0 Å². The van der Waals surface area contributed by atoms with Crippen molar-refractivity contribution in [2.24, 2.45) is 11.7 Å². The number of nitrogens with one attached hydrogen (secondary N) is 1. The van der Waals surface area contributed by atoms with E-state index in [-0.39, 0.29) is 12.3 Å². The molecule has 0 radical (unpaired) electrons. The minimum atomic E-state index is -4.17. The van der Waals surface area contributed by atoms with Crippen molar-refractivity contribution < 1.29 is 27.7 Å². The molecule has 0 saturated heterocycles. The fourth-order valence-corrected chi connectivity index (χ4v) is 2.35. The molecule has 8 nitrogen and oxygen atoms in total. The average Bonchev–Trinajstić information content (AvgIpc) is 2.38. The van der Waals surface area contributed by atoms with Crippen molar-refractivity contribution in [2.45, 2.75) is 44.0 Å². The van der Waals surface area contributed by atoms with Gasteiger partial charge < -0.3 is 16.2 Å². The second kappa shape index (κ2) is 8.57. The Labute approximate surface area is 129 Å². The van der Waals surface area contributed by atoms with Gasteiger partial charge >= 0.3 is 5.97 Å². The maximum atomic E-state index is 11.9. The van der Waals surface area contributed by atoms with E-state index < -0.39 is 45.1 Å². The van der Waals surface area contributed by atoms with Gasteiger partial charge in [0.1, 0.15) is 6.04 Å². The third kappa shape index (κ3) is 7.65. The van der Waals surface area contributed by atoms with Gasteiger partial charge in [0.25, 0.3) is 10.1 Å². The normalized spacial score (nSPS) is 17.6. The lowest BCUT2D eigenvalue weighted by Gasteiger charge is -2.24. The maximum absolute atomic E-state index is 11.9. The SMILES string of the molecule is CC[C@H](C)[C@H](NC(=O)[C@@H](S)[C@H](N)CCS(=O)(=O)O)C(=O)O. The first-order valence-electron chi connectivity index (χ1n) is 6.41. The average molecular weight is 342 g/mol. The van der Waals surface area contributed by atoms with Gasteiger partial charge in [0, 0.05) is 6.04 Å². The molecule has 0 fully saturated rings. The summed E-state index contributed by atoms with van der Waals surface area (Å²) in [6.45, 7) is 3.48. The highest BCUT2D eigenvalue weighted by Gasteiger charge is 2.30. The number of rotatable bonds is 9. The number of carboxylic acids is 1. The van der Waals surface area contributed by atoms with Crippen molar-refractivity contribution >= 4 is 34.6 Å². The van der Waals surface area contributed by atoms with Gasteiger partial charge in [-0.05, 0) is 12.3 Å². The molecule has 5 N–H and O–H groups in total. The molecule has 10 heteroatoms. The van der Waals surface area contributed by atoms with E-state index in [4.69, 9.17) is 15.4 Å². The summed E-state index contributed by atoms with van der Waals surface area (Å²) in [5.74, 6) is -2.72. The molecular weight excluding hydrogens is 320 g/mol. The first kappa shape index (κ1) is 20.2. The lowest BCUT2D eigenvalue weighted by molar-refractivity contribution is -0.143. The fourth-order valence-electron chi connectivity index (χ4n) is 1.56. The van der Waals surface area contributed by atoms with Crippen molar-refractivity contribution in [2.75, 3.05) is 5.75 Å². The lowest BCUT2D eigenvalue weighted by atomic mass is 9.99. The summed E-state index contributed by atoms with van der Waals surface area (Å²) in [4.78, 5) is 23.0. The Morgan fingerprint density at radius 1 is 1.38 bits per heavy atom. The lowest BCUT2D eigenvalue weighted by Crippen LogP contribution is -2.51. The number of aliphatic carboxylic acids is 1. The van der Waals surface area contributed by atoms with E-state index in [0.717, 1.165) is 0 Å². The molecule has 0 heterocycles. The molecule has 0 spiro atoms. The molecule has 0 saturated carbocycles. The predicted octanol–water partition coefficient (Wildman–Crippen LogP) is -0.494. The van der Waals surface area contributed by atoms with Crippen LogP contribution in [0.5, 0.6) is 0 Å². The van der Waals surface area contributed by atoms with E-state index >= 15 is 0 Å². The molecule has 124 valence electrons. The van der Waals surface area contributed by atoms with Crippen LogP contribution in [-0.4, -0.2) is 53.0 Å². The van der Waals surface area contributed by atoms with E-state index in [1.54, 1.807) is 13.8 Å². The Hall–Kier alpha value is -0.840. The van der Waals surface area contributed by atoms with E-state index in [9.17, 15) is 18.0 Å². The topological polar surface area (TPSA) is 147 Å². The third-order valence-electron chi connectivity index (χ3n) is 3.16. The first-order chi connectivity index (χ1) is 9.49. The summed E-state index contributed by atoms with van der Waals surface area (Å²) < 4.78 is 29.9. The molecule has 0 unspecified atom stereocenters. The summed E-state index contributed by atoms with van der Waals surface area (Å²) in [5, 5.41) is 10.3. The molecule has 0 bridgehead atoms. The molecule has 0 aromatic heterocycles. The zero-order valence-electron chi connectivity index (χ0n) is 11.9. The quantitative estimate of drug-likeness (QED) is 0.280. The number of carboxylic acid groups (broad SMARTS) is 1. The molecule has 0 aliphatic rings. The van der Waals surface area contributed by atoms with E-state index in [2.05, 4.69) is 17.9 Å². The molecule has 4 atom stereocenters. The van der Waals surface area contributed by atoms with Crippen LogP contribution in [0.3, 0.4) is 0 Å². The van der Waals surface area contributed by atoms with Gasteiger partial charge in [-0.15, -0.1) is 0 Å². The summed E-state index contributed by atoms with van der Waals surface area (Å²) in [6.07, 6.45) is 0.394. The zero-order valence-corrected chi connectivity index (χ0v) is 13.6. The smallest absolute Gasteiger partial charge is 0.326 e. The van der Waals surface area contributed by atoms with Crippen LogP contribution in [0.4, 0.5) is 0 Å². The third-order valence-corrected chi connectivity index (χ3v) is 4.53. The standard InChI is InChI=1S/C11H22N2O6S2/c1-3-6(2)8(11(15)16)13-10(14)9(20)7(12)4-5-21(17,18)19/h6-9,20H,3-5,12H2,1-2H3,(H,13,14)(H,15,16)(H,17,18,19)/t6-,7+,8-,9-/m0/s1. The Balaban J connectivity index is 4.65. The van der Waals surface area contributed by atoms with E-state index in [1.165, 1.54) is 0 Å². The van der Waals surface area contributed by atoms with Crippen molar-refractivity contribution in [3.63, 3.8) is 0 Å². The number of hydrogen-bond acceptors (Lipinski definition) is 6. The monoisotopic (exact) mass is 342 g/mol. The van der Waals surface area contributed by atoms with Crippen LogP contribution in [0.2, 0.25) is 0 Å². The number of carbonyl (C=O) groups is 2. The van der Waals surface area contributed by atoms with Crippen LogP contribution >= 0.6 is 12.6 Å². The van der Waals surface area contributed by atoms with Crippen molar-refractivity contribution in [1.82, 2.24) is 5.32 Å². The van der Waals surface area contributed by atoms with Crippen molar-refractivity contribution in [3.8, 4) is 0 Å². The molecule has 0 aliphatic heterocycles. The number of carbonyl (C=O) groups excluding carboxylic acids is 1. The largest absolute Gasteiger partial charge is 0.480 e. The van der Waals surface area contributed by atoms with Gasteiger partial charge in [0.15, 0.2) is 0 Å². The maximum Gasteiger partial charge on any atom is 0.326 e. The molecular formula is C11H22N2O6S2. The Morgan fingerprint density at radius 3 is 2.29 bits per heavy atom. The summed E-state index contributed by atoms with van der Waals surface area (Å²) >= 11 is 3.98. The minimum Gasteiger partial charge on any atom is -0.480 e. The second-order valence-corrected chi connectivity index (χ2v) is 7.02. The van der Waals surface area contributed by atoms with Gasteiger partial charge in [-0.1, -0.05) is 20.3 Å². The first-order valence-corrected chi connectivity index (χ1v) is 8.54. The Bertz CT molecular complexity index is 467. The van der Waals surface area contributed by atoms with Crippen LogP contribution in [0.15, 0.2) is 0 Å². The van der Waals surface area contributed by atoms with Crippen LogP contribution in [-0.2, 0) is 19.7 Å². The molecule has 0 rings (SSSR count). The van der Waals surface area contributed by atoms with Crippen LogP contribution < -0.4 is 11.1 Å². The van der Waals surface area contributed by atoms with E-state index in [0.29, 0.717) is 6.42 Å². The van der Waals surface area contributed by atoms with Gasteiger partial charge in [-0.3, -0.25) is 9.35 Å². The molecule has 1 amide bonds. The van der Waals surface area contributed by atoms with Crippen LogP contribution in [0.25, 0.3) is 0 Å². The summed E-state index contributed by atoms with van der Waals surface area (Å²) in [7, 11) is -4.17. The number of nitrogens with two attached hydrogens (primary N) is 1. The van der Waals surface area contributed by atoms with Gasteiger partial charge in [0.05, 0.1) is 11.0 Å². The highest BCUT2D eigenvalue weighted by Crippen LogP contribution is 2.11. The zero-order chi connectivity index (χ0) is 16.8. The highest BCUT2D eigenvalue weighted by atomic mass is 32.2. The highest BCUT2D eigenvalue weighted by molar-refractivity contribution is 7.85. The van der Waals surface area contributed by atoms with Crippen LogP contribution in [0.1, 0.15) is 26.7 Å². The predicted molar refractivity (Wildman–Crippen MR) is 80.8 cm³/mol. The van der Waals surface area contributed by atoms with Crippen LogP contribution in [0, 0.1) is 5.92 Å². The van der Waals surface area contributed by atoms with E-state index in [1.807, 2.05) is 0 Å². The summed E-state index contributed by atoms with van der Waals surface area (Å²) in [6, 6.07) is -1.99. The fraction of sp³-hybridized carbons (Fsp3) is 0.818. The van der Waals surface area contributed by atoms with Crippen molar-refractivity contribution in [1.29, 1.82) is 0 Å². The summed E-state index contributed by atoms with van der Waals surface area (Å²) in [5.41, 5.74) is 5.63. The molecule has 0 aromatic carbocycles. The number of thiol groups is 1. The Kier molecular flexibility index (Phi) is 8.22. The molecule has 0 aliphatic carbocycles. The minimum absolute atomic E-state index is 0.165.